The number of carbonyl (C=O) groups excluding carboxylic acids is 1. The Labute approximate surface area is 337 Å². The number of aromatic carboxylic acids is 1. The minimum atomic E-state index is -1.01. The zero-order valence-corrected chi connectivity index (χ0v) is 34.4. The van der Waals surface area contributed by atoms with Crippen molar-refractivity contribution in [3.05, 3.63) is 98.0 Å². The van der Waals surface area contributed by atoms with Crippen LogP contribution in [-0.2, 0) is 20.0 Å². The van der Waals surface area contributed by atoms with Gasteiger partial charge in [0.05, 0.1) is 40.6 Å². The highest BCUT2D eigenvalue weighted by Gasteiger charge is 2.38. The molecule has 1 atom stereocenters. The molecule has 2 aliphatic heterocycles. The molecule has 3 aromatic heterocycles. The lowest BCUT2D eigenvalue weighted by Gasteiger charge is -2.34. The van der Waals surface area contributed by atoms with Crippen molar-refractivity contribution >= 4 is 62.6 Å². The number of aromatic nitrogens is 4. The zero-order chi connectivity index (χ0) is 39.6. The summed E-state index contributed by atoms with van der Waals surface area (Å²) in [7, 11) is 1.92. The summed E-state index contributed by atoms with van der Waals surface area (Å²) in [5, 5.41) is 17.9. The van der Waals surface area contributed by atoms with Gasteiger partial charge in [0.1, 0.15) is 11.4 Å². The first-order valence-corrected chi connectivity index (χ1v) is 20.2. The van der Waals surface area contributed by atoms with Crippen molar-refractivity contribution < 1.29 is 19.4 Å². The third kappa shape index (κ3) is 6.55. The van der Waals surface area contributed by atoms with Gasteiger partial charge in [-0.3, -0.25) is 9.48 Å². The lowest BCUT2D eigenvalue weighted by Crippen LogP contribution is -2.42. The van der Waals surface area contributed by atoms with E-state index in [0.29, 0.717) is 42.4 Å². The Kier molecular flexibility index (Phi) is 10.2. The summed E-state index contributed by atoms with van der Waals surface area (Å²) < 4.78 is 12.5. The van der Waals surface area contributed by atoms with Gasteiger partial charge in [-0.2, -0.15) is 5.10 Å². The van der Waals surface area contributed by atoms with Crippen LogP contribution in [0.4, 0.5) is 5.69 Å². The predicted octanol–water partition coefficient (Wildman–Crippen LogP) is 9.56. The standard InChI is InChI=1S/C44H48Cl2N6O4/c1-25-20-31(21-26(2)40(25)46)56-19-9-10-32-33-12-13-35(45)39(38-28(4)47-51(29(38)5)18-17-49-15-7-8-16-49)41(33)52-27(3)23-50(43(53)42(32)52)37-24-48(6)36-14-11-30(44(54)55)22-34(36)37/h11-14,20-22,24,27H,7-10,15-19,23H2,1-6H3,(H,54,55). The molecule has 0 radical (unpaired) electrons. The van der Waals surface area contributed by atoms with Crippen LogP contribution >= 0.6 is 23.2 Å². The second kappa shape index (κ2) is 15.0. The molecule has 2 aliphatic rings. The van der Waals surface area contributed by atoms with Crippen LogP contribution in [0.3, 0.4) is 0 Å². The molecule has 1 N–H and O–H groups in total. The van der Waals surface area contributed by atoms with Gasteiger partial charge in [-0.1, -0.05) is 29.3 Å². The molecule has 12 heteroatoms. The van der Waals surface area contributed by atoms with Crippen molar-refractivity contribution in [2.24, 2.45) is 7.05 Å². The highest BCUT2D eigenvalue weighted by atomic mass is 35.5. The summed E-state index contributed by atoms with van der Waals surface area (Å²) in [6.07, 6.45) is 5.66. The third-order valence-corrected chi connectivity index (χ3v) is 12.7. The number of hydrogen-bond acceptors (Lipinski definition) is 5. The quantitative estimate of drug-likeness (QED) is 0.131. The normalized spacial score (nSPS) is 16.1. The number of anilines is 1. The summed E-state index contributed by atoms with van der Waals surface area (Å²) in [4.78, 5) is 31.5. The summed E-state index contributed by atoms with van der Waals surface area (Å²) in [5.74, 6) is -0.380. The van der Waals surface area contributed by atoms with E-state index in [4.69, 9.17) is 33.0 Å². The first-order valence-electron chi connectivity index (χ1n) is 19.5. The molecule has 5 heterocycles. The minimum absolute atomic E-state index is 0.135. The Hall–Kier alpha value is -4.77. The first kappa shape index (κ1) is 38.1. The molecule has 6 aromatic rings. The molecular weight excluding hydrogens is 747 g/mol. The van der Waals surface area contributed by atoms with Gasteiger partial charge in [0.2, 0.25) is 0 Å². The number of hydrogen-bond donors (Lipinski definition) is 1. The summed E-state index contributed by atoms with van der Waals surface area (Å²) in [6.45, 7) is 15.1. The Balaban J connectivity index is 1.24. The van der Waals surface area contributed by atoms with E-state index in [-0.39, 0.29) is 17.5 Å². The van der Waals surface area contributed by atoms with Crippen LogP contribution in [0, 0.1) is 27.7 Å². The zero-order valence-electron chi connectivity index (χ0n) is 32.9. The molecule has 1 saturated heterocycles. The monoisotopic (exact) mass is 794 g/mol. The van der Waals surface area contributed by atoms with E-state index in [1.165, 1.54) is 12.8 Å². The van der Waals surface area contributed by atoms with Gasteiger partial charge in [0.25, 0.3) is 5.91 Å². The molecule has 10 nitrogen and oxygen atoms in total. The largest absolute Gasteiger partial charge is 0.494 e. The van der Waals surface area contributed by atoms with Crippen molar-refractivity contribution in [3.8, 4) is 16.9 Å². The fourth-order valence-electron chi connectivity index (χ4n) is 9.04. The summed E-state index contributed by atoms with van der Waals surface area (Å²) in [6, 6.07) is 12.8. The van der Waals surface area contributed by atoms with Gasteiger partial charge in [-0.25, -0.2) is 4.79 Å². The lowest BCUT2D eigenvalue weighted by molar-refractivity contribution is 0.0696. The summed E-state index contributed by atoms with van der Waals surface area (Å²) >= 11 is 13.7. The Bertz CT molecular complexity index is 2520. The number of carboxylic acids is 1. The van der Waals surface area contributed by atoms with E-state index in [2.05, 4.69) is 34.1 Å². The molecule has 1 fully saturated rings. The third-order valence-electron chi connectivity index (χ3n) is 11.8. The van der Waals surface area contributed by atoms with Crippen molar-refractivity contribution in [3.63, 3.8) is 0 Å². The first-order chi connectivity index (χ1) is 26.8. The van der Waals surface area contributed by atoms with Crippen molar-refractivity contribution in [2.75, 3.05) is 37.7 Å². The maximum Gasteiger partial charge on any atom is 0.335 e. The molecule has 3 aromatic carbocycles. The van der Waals surface area contributed by atoms with E-state index >= 15 is 4.79 Å². The Morgan fingerprint density at radius 2 is 1.70 bits per heavy atom. The van der Waals surface area contributed by atoms with Gasteiger partial charge < -0.3 is 28.8 Å². The molecule has 56 heavy (non-hydrogen) atoms. The number of benzene rings is 3. The number of fused-ring (bicyclic) bond motifs is 4. The minimum Gasteiger partial charge on any atom is -0.494 e. The number of likely N-dealkylation sites (tertiary alicyclic amines) is 1. The van der Waals surface area contributed by atoms with Crippen molar-refractivity contribution in [2.45, 2.75) is 72.9 Å². The van der Waals surface area contributed by atoms with Crippen LogP contribution in [0.15, 0.2) is 48.7 Å². The molecule has 1 unspecified atom stereocenters. The highest BCUT2D eigenvalue weighted by Crippen LogP contribution is 2.46. The topological polar surface area (TPSA) is 97.8 Å². The maximum absolute atomic E-state index is 15.1. The number of carboxylic acid groups (broad SMARTS) is 1. The Morgan fingerprint density at radius 1 is 0.964 bits per heavy atom. The number of rotatable bonds is 11. The van der Waals surface area contributed by atoms with E-state index in [1.54, 1.807) is 18.2 Å². The SMILES string of the molecule is Cc1cc(OCCCc2c3n(c4c(-c5c(C)nn(CCN6CCCC6)c5C)c(Cl)ccc24)C(C)CN(c2cn(C)c4ccc(C(=O)O)cc24)C3=O)cc(C)c1Cl. The van der Waals surface area contributed by atoms with Crippen LogP contribution in [0.2, 0.25) is 10.0 Å². The van der Waals surface area contributed by atoms with Crippen molar-refractivity contribution in [1.82, 2.24) is 23.8 Å². The van der Waals surface area contributed by atoms with Crippen LogP contribution < -0.4 is 9.64 Å². The van der Waals surface area contributed by atoms with Gasteiger partial charge in [-0.05, 0) is 126 Å². The number of ether oxygens (including phenoxy) is 1. The molecule has 1 amide bonds. The smallest absolute Gasteiger partial charge is 0.335 e. The molecule has 8 rings (SSSR count). The molecule has 292 valence electrons. The van der Waals surface area contributed by atoms with E-state index in [0.717, 1.165) is 98.0 Å². The van der Waals surface area contributed by atoms with Gasteiger partial charge >= 0.3 is 5.97 Å². The second-order valence-electron chi connectivity index (χ2n) is 15.6. The highest BCUT2D eigenvalue weighted by molar-refractivity contribution is 6.35. The van der Waals surface area contributed by atoms with Crippen LogP contribution in [0.5, 0.6) is 5.75 Å². The average Bonchev–Trinajstić information content (AvgIpc) is 3.94. The van der Waals surface area contributed by atoms with Crippen LogP contribution in [0.1, 0.15) is 81.2 Å². The average molecular weight is 796 g/mol. The van der Waals surface area contributed by atoms with Crippen LogP contribution in [-0.4, -0.2) is 73.6 Å². The van der Waals surface area contributed by atoms with Gasteiger partial charge in [0.15, 0.2) is 0 Å². The molecule has 0 bridgehead atoms. The molecular formula is C44H48Cl2N6O4. The molecule has 0 spiro atoms. The van der Waals surface area contributed by atoms with Gasteiger partial charge in [-0.15, -0.1) is 0 Å². The molecule has 0 saturated carbocycles. The summed E-state index contributed by atoms with van der Waals surface area (Å²) in [5.41, 5.74) is 9.98. The second-order valence-corrected chi connectivity index (χ2v) is 16.4. The van der Waals surface area contributed by atoms with E-state index in [1.807, 2.05) is 61.7 Å². The molecule has 0 aliphatic carbocycles. The van der Waals surface area contributed by atoms with Gasteiger partial charge in [0, 0.05) is 70.5 Å². The van der Waals surface area contributed by atoms with E-state index in [9.17, 15) is 9.90 Å². The Morgan fingerprint density at radius 3 is 2.41 bits per heavy atom. The fraction of sp³-hybridized carbons (Fsp3) is 0.386. The fourth-order valence-corrected chi connectivity index (χ4v) is 9.40. The number of carbonyl (C=O) groups is 2. The van der Waals surface area contributed by atoms with Crippen LogP contribution in [0.25, 0.3) is 32.9 Å². The number of nitrogens with zero attached hydrogens (tertiary/aromatic N) is 6. The lowest BCUT2D eigenvalue weighted by atomic mass is 9.98. The predicted molar refractivity (Wildman–Crippen MR) is 224 cm³/mol. The number of aryl methyl sites for hydroxylation is 5. The number of halogens is 2. The van der Waals surface area contributed by atoms with Crippen molar-refractivity contribution in [1.29, 1.82) is 0 Å². The maximum atomic E-state index is 15.1. The number of amides is 1. The van der Waals surface area contributed by atoms with E-state index < -0.39 is 5.97 Å².